The number of anilines is 1. The van der Waals surface area contributed by atoms with Gasteiger partial charge in [0.2, 0.25) is 0 Å². The maximum Gasteiger partial charge on any atom is 0.0442 e. The van der Waals surface area contributed by atoms with Crippen molar-refractivity contribution in [2.45, 2.75) is 26.4 Å². The van der Waals surface area contributed by atoms with E-state index in [2.05, 4.69) is 48.4 Å². The van der Waals surface area contributed by atoms with Gasteiger partial charge in [0, 0.05) is 49.0 Å². The molecule has 0 radical (unpaired) electrons. The van der Waals surface area contributed by atoms with E-state index in [1.165, 1.54) is 11.3 Å². The van der Waals surface area contributed by atoms with E-state index in [1.807, 2.05) is 24.2 Å². The molecule has 0 aromatic carbocycles. The molecular weight excluding hydrogens is 230 g/mol. The SMILES string of the molecule is CCNCc1cnccc1N(C)C(C)CSC. The lowest BCUT2D eigenvalue weighted by atomic mass is 10.2. The van der Waals surface area contributed by atoms with Crippen LogP contribution in [0.3, 0.4) is 0 Å². The lowest BCUT2D eigenvalue weighted by Gasteiger charge is -2.28. The molecule has 96 valence electrons. The van der Waals surface area contributed by atoms with E-state index in [-0.39, 0.29) is 0 Å². The number of aromatic nitrogens is 1. The molecule has 0 aliphatic heterocycles. The highest BCUT2D eigenvalue weighted by atomic mass is 32.2. The number of nitrogens with one attached hydrogen (secondary N) is 1. The number of thioether (sulfide) groups is 1. The van der Waals surface area contributed by atoms with E-state index in [0.717, 1.165) is 18.8 Å². The summed E-state index contributed by atoms with van der Waals surface area (Å²) in [5.74, 6) is 1.14. The summed E-state index contributed by atoms with van der Waals surface area (Å²) in [7, 11) is 2.16. The summed E-state index contributed by atoms with van der Waals surface area (Å²) in [5.41, 5.74) is 2.55. The van der Waals surface area contributed by atoms with E-state index >= 15 is 0 Å². The molecule has 17 heavy (non-hydrogen) atoms. The molecule has 0 saturated carbocycles. The van der Waals surface area contributed by atoms with Gasteiger partial charge in [0.05, 0.1) is 0 Å². The van der Waals surface area contributed by atoms with Crippen molar-refractivity contribution < 1.29 is 0 Å². The molecule has 1 N–H and O–H groups in total. The fourth-order valence-electron chi connectivity index (χ4n) is 1.75. The second kappa shape index (κ2) is 7.56. The maximum atomic E-state index is 4.21. The van der Waals surface area contributed by atoms with Crippen molar-refractivity contribution in [2.24, 2.45) is 0 Å². The Balaban J connectivity index is 2.80. The third-order valence-electron chi connectivity index (χ3n) is 2.89. The van der Waals surface area contributed by atoms with Crippen LogP contribution >= 0.6 is 11.8 Å². The zero-order valence-electron chi connectivity index (χ0n) is 11.2. The highest BCUT2D eigenvalue weighted by molar-refractivity contribution is 7.98. The minimum atomic E-state index is 0.535. The van der Waals surface area contributed by atoms with Gasteiger partial charge in [-0.05, 0) is 25.8 Å². The van der Waals surface area contributed by atoms with E-state index in [9.17, 15) is 0 Å². The molecular formula is C13H23N3S. The quantitative estimate of drug-likeness (QED) is 0.807. The van der Waals surface area contributed by atoms with Crippen LogP contribution < -0.4 is 10.2 Å². The van der Waals surface area contributed by atoms with Crippen molar-refractivity contribution >= 4 is 17.4 Å². The first-order valence-electron chi connectivity index (χ1n) is 6.06. The smallest absolute Gasteiger partial charge is 0.0442 e. The van der Waals surface area contributed by atoms with Gasteiger partial charge in [-0.15, -0.1) is 0 Å². The van der Waals surface area contributed by atoms with Gasteiger partial charge in [0.1, 0.15) is 0 Å². The monoisotopic (exact) mass is 253 g/mol. The predicted octanol–water partition coefficient (Wildman–Crippen LogP) is 2.38. The number of nitrogens with zero attached hydrogens (tertiary/aromatic N) is 2. The number of pyridine rings is 1. The van der Waals surface area contributed by atoms with Crippen LogP contribution in [0.2, 0.25) is 0 Å². The Labute approximate surface area is 109 Å². The van der Waals surface area contributed by atoms with Crippen molar-refractivity contribution in [3.8, 4) is 0 Å². The van der Waals surface area contributed by atoms with E-state index in [4.69, 9.17) is 0 Å². The highest BCUT2D eigenvalue weighted by Gasteiger charge is 2.12. The fraction of sp³-hybridized carbons (Fsp3) is 0.615. The molecule has 1 aromatic rings. The molecule has 1 aromatic heterocycles. The van der Waals surface area contributed by atoms with Crippen molar-refractivity contribution in [3.05, 3.63) is 24.0 Å². The number of hydrogen-bond acceptors (Lipinski definition) is 4. The van der Waals surface area contributed by atoms with Gasteiger partial charge >= 0.3 is 0 Å². The average Bonchev–Trinajstić information content (AvgIpc) is 2.36. The molecule has 1 heterocycles. The Hall–Kier alpha value is -0.740. The lowest BCUT2D eigenvalue weighted by molar-refractivity contribution is 0.709. The van der Waals surface area contributed by atoms with Gasteiger partial charge in [0.25, 0.3) is 0 Å². The minimum absolute atomic E-state index is 0.535. The van der Waals surface area contributed by atoms with Gasteiger partial charge < -0.3 is 10.2 Å². The molecule has 1 unspecified atom stereocenters. The summed E-state index contributed by atoms with van der Waals surface area (Å²) in [6.07, 6.45) is 5.98. The number of rotatable bonds is 7. The van der Waals surface area contributed by atoms with Gasteiger partial charge in [-0.2, -0.15) is 11.8 Å². The Bertz CT molecular complexity index is 330. The summed E-state index contributed by atoms with van der Waals surface area (Å²) < 4.78 is 0. The number of hydrogen-bond donors (Lipinski definition) is 1. The summed E-state index contributed by atoms with van der Waals surface area (Å²) in [6.45, 7) is 6.25. The van der Waals surface area contributed by atoms with Crippen molar-refractivity contribution in [2.75, 3.05) is 30.5 Å². The zero-order valence-corrected chi connectivity index (χ0v) is 12.0. The van der Waals surface area contributed by atoms with E-state index < -0.39 is 0 Å². The first-order chi connectivity index (χ1) is 8.20. The van der Waals surface area contributed by atoms with Crippen LogP contribution in [0.4, 0.5) is 5.69 Å². The Morgan fingerprint density at radius 1 is 1.53 bits per heavy atom. The fourth-order valence-corrected chi connectivity index (χ4v) is 2.46. The third kappa shape index (κ3) is 4.21. The summed E-state index contributed by atoms with van der Waals surface area (Å²) >= 11 is 1.88. The van der Waals surface area contributed by atoms with Crippen LogP contribution in [0.5, 0.6) is 0 Å². The molecule has 0 aliphatic carbocycles. The highest BCUT2D eigenvalue weighted by Crippen LogP contribution is 2.21. The maximum absolute atomic E-state index is 4.21. The summed E-state index contributed by atoms with van der Waals surface area (Å²) in [5, 5.41) is 3.36. The van der Waals surface area contributed by atoms with Crippen molar-refractivity contribution in [3.63, 3.8) is 0 Å². The van der Waals surface area contributed by atoms with E-state index in [1.54, 1.807) is 0 Å². The van der Waals surface area contributed by atoms with Crippen LogP contribution in [-0.4, -0.2) is 36.6 Å². The molecule has 3 nitrogen and oxygen atoms in total. The Kier molecular flexibility index (Phi) is 6.37. The molecule has 0 saturated heterocycles. The Morgan fingerprint density at radius 2 is 2.29 bits per heavy atom. The first-order valence-corrected chi connectivity index (χ1v) is 7.45. The minimum Gasteiger partial charge on any atom is -0.371 e. The van der Waals surface area contributed by atoms with Crippen LogP contribution in [0.25, 0.3) is 0 Å². The van der Waals surface area contributed by atoms with Crippen LogP contribution in [0.15, 0.2) is 18.5 Å². The van der Waals surface area contributed by atoms with Crippen LogP contribution in [0.1, 0.15) is 19.4 Å². The van der Waals surface area contributed by atoms with Crippen LogP contribution in [-0.2, 0) is 6.54 Å². The van der Waals surface area contributed by atoms with Gasteiger partial charge in [-0.25, -0.2) is 0 Å². The van der Waals surface area contributed by atoms with Crippen molar-refractivity contribution in [1.29, 1.82) is 0 Å². The summed E-state index contributed by atoms with van der Waals surface area (Å²) in [6, 6.07) is 2.64. The van der Waals surface area contributed by atoms with Gasteiger partial charge in [-0.1, -0.05) is 6.92 Å². The van der Waals surface area contributed by atoms with Crippen molar-refractivity contribution in [1.82, 2.24) is 10.3 Å². The third-order valence-corrected chi connectivity index (χ3v) is 3.71. The lowest BCUT2D eigenvalue weighted by Crippen LogP contribution is -2.32. The summed E-state index contributed by atoms with van der Waals surface area (Å²) in [4.78, 5) is 6.55. The average molecular weight is 253 g/mol. The second-order valence-corrected chi connectivity index (χ2v) is 5.11. The molecule has 1 atom stereocenters. The largest absolute Gasteiger partial charge is 0.371 e. The first kappa shape index (κ1) is 14.3. The molecule has 0 fully saturated rings. The predicted molar refractivity (Wildman–Crippen MR) is 77.9 cm³/mol. The van der Waals surface area contributed by atoms with Gasteiger partial charge in [0.15, 0.2) is 0 Å². The molecule has 4 heteroatoms. The topological polar surface area (TPSA) is 28.2 Å². The Morgan fingerprint density at radius 3 is 2.94 bits per heavy atom. The molecule has 0 spiro atoms. The molecule has 1 rings (SSSR count). The molecule has 0 amide bonds. The molecule has 0 bridgehead atoms. The standard InChI is InChI=1S/C13H23N3S/c1-5-14-8-12-9-15-7-6-13(12)16(3)11(2)10-17-4/h6-7,9,11,14H,5,8,10H2,1-4H3. The normalized spacial score (nSPS) is 12.5. The second-order valence-electron chi connectivity index (χ2n) is 4.20. The zero-order chi connectivity index (χ0) is 12.7. The van der Waals surface area contributed by atoms with E-state index in [0.29, 0.717) is 6.04 Å². The molecule has 0 aliphatic rings. The van der Waals surface area contributed by atoms with Gasteiger partial charge in [-0.3, -0.25) is 4.98 Å². The van der Waals surface area contributed by atoms with Crippen LogP contribution in [0, 0.1) is 0 Å².